The van der Waals surface area contributed by atoms with Crippen molar-refractivity contribution in [2.75, 3.05) is 0 Å². The molecule has 6 heteroatoms. The van der Waals surface area contributed by atoms with Gasteiger partial charge in [0, 0.05) is 10.9 Å². The van der Waals surface area contributed by atoms with E-state index in [0.717, 1.165) is 66.3 Å². The van der Waals surface area contributed by atoms with Crippen LogP contribution in [-0.2, 0) is 12.8 Å². The summed E-state index contributed by atoms with van der Waals surface area (Å²) in [4.78, 5) is 31.4. The normalized spacial score (nSPS) is 12.8. The minimum atomic E-state index is -2.36. The quantitative estimate of drug-likeness (QED) is 0.252. The Morgan fingerprint density at radius 3 is 2.22 bits per heavy atom. The number of unbranched alkanes of at least 4 members (excludes halogenated alkanes) is 2. The Labute approximate surface area is 192 Å². The zero-order valence-electron chi connectivity index (χ0n) is 18.6. The Morgan fingerprint density at radius 1 is 0.781 bits per heavy atom. The highest BCUT2D eigenvalue weighted by molar-refractivity contribution is 7.62. The smallest absolute Gasteiger partial charge is 0.263 e. The van der Waals surface area contributed by atoms with Gasteiger partial charge in [-0.1, -0.05) is 69.2 Å². The summed E-state index contributed by atoms with van der Waals surface area (Å²) in [5, 5.41) is 0.875. The standard InChI is InChI=1S/C26H30O4P2/c1-3-5-9-18-13-15-23(19(17-18)10-6-4-2)30-32(29)26-24(31(27)28)16-14-22-20-11-7-8-12-21(20)25(22)26/h7-8,11-17,27-29H,3-6,9-10H2,1-2H3. The minimum absolute atomic E-state index is 0.358. The van der Waals surface area contributed by atoms with Gasteiger partial charge in [-0.2, -0.15) is 0 Å². The van der Waals surface area contributed by atoms with Crippen molar-refractivity contribution < 1.29 is 19.2 Å². The second-order valence-corrected chi connectivity index (χ2v) is 10.4. The lowest BCUT2D eigenvalue weighted by Crippen LogP contribution is -2.28. The van der Waals surface area contributed by atoms with Gasteiger partial charge < -0.3 is 19.2 Å². The van der Waals surface area contributed by atoms with Gasteiger partial charge in [0.2, 0.25) is 0 Å². The minimum Gasteiger partial charge on any atom is -0.444 e. The largest absolute Gasteiger partial charge is 0.444 e. The summed E-state index contributed by atoms with van der Waals surface area (Å²) in [5.74, 6) is 0.684. The lowest BCUT2D eigenvalue weighted by Gasteiger charge is -2.30. The zero-order chi connectivity index (χ0) is 22.7. The summed E-state index contributed by atoms with van der Waals surface area (Å²) in [6.07, 6.45) is 6.36. The summed E-state index contributed by atoms with van der Waals surface area (Å²) in [5.41, 5.74) is 6.42. The zero-order valence-corrected chi connectivity index (χ0v) is 20.4. The molecule has 0 heterocycles. The monoisotopic (exact) mass is 468 g/mol. The molecule has 1 unspecified atom stereocenters. The molecule has 32 heavy (non-hydrogen) atoms. The molecule has 3 aromatic carbocycles. The number of aryl methyl sites for hydroxylation is 2. The van der Waals surface area contributed by atoms with Crippen molar-refractivity contribution in [2.24, 2.45) is 0 Å². The van der Waals surface area contributed by atoms with Crippen LogP contribution in [0.25, 0.3) is 22.3 Å². The van der Waals surface area contributed by atoms with Crippen LogP contribution < -0.4 is 15.1 Å². The van der Waals surface area contributed by atoms with E-state index < -0.39 is 16.8 Å². The van der Waals surface area contributed by atoms with E-state index in [1.54, 1.807) is 6.07 Å². The first kappa shape index (κ1) is 23.4. The molecule has 4 rings (SSSR count). The molecular formula is C26H30O4P2. The second-order valence-electron chi connectivity index (χ2n) is 8.20. The van der Waals surface area contributed by atoms with Gasteiger partial charge in [-0.15, -0.1) is 0 Å². The molecule has 0 bridgehead atoms. The highest BCUT2D eigenvalue weighted by atomic mass is 31.2. The number of rotatable bonds is 10. The maximum absolute atomic E-state index is 11.3. The molecule has 1 atom stereocenters. The molecule has 0 radical (unpaired) electrons. The van der Waals surface area contributed by atoms with Gasteiger partial charge in [-0.05, 0) is 65.6 Å². The van der Waals surface area contributed by atoms with Crippen LogP contribution in [0.4, 0.5) is 0 Å². The van der Waals surface area contributed by atoms with Crippen LogP contribution in [0, 0.1) is 0 Å². The predicted molar refractivity (Wildman–Crippen MR) is 135 cm³/mol. The Hall–Kier alpha value is -1.80. The van der Waals surface area contributed by atoms with Crippen molar-refractivity contribution in [2.45, 2.75) is 52.4 Å². The van der Waals surface area contributed by atoms with E-state index in [4.69, 9.17) is 4.52 Å². The van der Waals surface area contributed by atoms with Crippen LogP contribution in [0.15, 0.2) is 54.6 Å². The summed E-state index contributed by atoms with van der Waals surface area (Å²) in [6.45, 7) is 4.36. The van der Waals surface area contributed by atoms with E-state index >= 15 is 0 Å². The van der Waals surface area contributed by atoms with Crippen LogP contribution in [0.2, 0.25) is 0 Å². The van der Waals surface area contributed by atoms with E-state index in [1.165, 1.54) is 5.56 Å². The molecule has 0 aliphatic heterocycles. The third-order valence-corrected chi connectivity index (χ3v) is 8.18. The summed E-state index contributed by atoms with van der Waals surface area (Å²) < 4.78 is 6.17. The average Bonchev–Trinajstić information content (AvgIpc) is 2.79. The molecule has 1 aliphatic carbocycles. The summed E-state index contributed by atoms with van der Waals surface area (Å²) >= 11 is 0. The SMILES string of the molecule is CCCCc1ccc(OP(O)c2c(P(O)O)ccc3c2-c2ccccc2-3)c(CCCC)c1. The summed E-state index contributed by atoms with van der Waals surface area (Å²) in [7, 11) is -4.43. The van der Waals surface area contributed by atoms with Crippen molar-refractivity contribution in [3.05, 3.63) is 65.7 Å². The van der Waals surface area contributed by atoms with Crippen molar-refractivity contribution in [1.82, 2.24) is 0 Å². The van der Waals surface area contributed by atoms with E-state index in [0.29, 0.717) is 16.4 Å². The first-order valence-electron chi connectivity index (χ1n) is 11.3. The fraction of sp³-hybridized carbons (Fsp3) is 0.308. The van der Waals surface area contributed by atoms with Crippen molar-refractivity contribution >= 4 is 27.4 Å². The van der Waals surface area contributed by atoms with Crippen LogP contribution in [-0.4, -0.2) is 14.7 Å². The highest BCUT2D eigenvalue weighted by Crippen LogP contribution is 2.51. The Morgan fingerprint density at radius 2 is 1.50 bits per heavy atom. The van der Waals surface area contributed by atoms with Gasteiger partial charge in [0.1, 0.15) is 5.75 Å². The Balaban J connectivity index is 1.69. The number of fused-ring (bicyclic) bond motifs is 4. The molecule has 3 N–H and O–H groups in total. The lowest BCUT2D eigenvalue weighted by atomic mass is 9.81. The summed E-state index contributed by atoms with van der Waals surface area (Å²) in [6, 6.07) is 17.8. The maximum Gasteiger partial charge on any atom is 0.263 e. The first-order valence-corrected chi connectivity index (χ1v) is 13.7. The van der Waals surface area contributed by atoms with Crippen LogP contribution in [0.5, 0.6) is 5.75 Å². The molecule has 0 fully saturated rings. The fourth-order valence-electron chi connectivity index (χ4n) is 4.27. The third-order valence-electron chi connectivity index (χ3n) is 5.98. The van der Waals surface area contributed by atoms with E-state index in [1.807, 2.05) is 36.4 Å². The maximum atomic E-state index is 11.3. The number of hydrogen-bond donors (Lipinski definition) is 3. The van der Waals surface area contributed by atoms with Gasteiger partial charge >= 0.3 is 0 Å². The highest BCUT2D eigenvalue weighted by Gasteiger charge is 2.33. The Kier molecular flexibility index (Phi) is 7.61. The van der Waals surface area contributed by atoms with Crippen molar-refractivity contribution in [3.8, 4) is 28.0 Å². The molecule has 168 valence electrons. The van der Waals surface area contributed by atoms with Crippen molar-refractivity contribution in [3.63, 3.8) is 0 Å². The first-order chi connectivity index (χ1) is 15.5. The van der Waals surface area contributed by atoms with Crippen molar-refractivity contribution in [1.29, 1.82) is 0 Å². The van der Waals surface area contributed by atoms with Gasteiger partial charge in [0.15, 0.2) is 8.38 Å². The van der Waals surface area contributed by atoms with Crippen LogP contribution in [0.3, 0.4) is 0 Å². The van der Waals surface area contributed by atoms with E-state index in [2.05, 4.69) is 26.0 Å². The molecule has 0 amide bonds. The second kappa shape index (κ2) is 10.4. The third kappa shape index (κ3) is 4.62. The van der Waals surface area contributed by atoms with E-state index in [9.17, 15) is 14.7 Å². The molecule has 1 aliphatic rings. The molecule has 0 saturated carbocycles. The topological polar surface area (TPSA) is 69.9 Å². The molecular weight excluding hydrogens is 438 g/mol. The molecule has 0 saturated heterocycles. The molecule has 0 aromatic heterocycles. The lowest BCUT2D eigenvalue weighted by molar-refractivity contribution is 0.491. The van der Waals surface area contributed by atoms with Crippen LogP contribution >= 0.6 is 16.8 Å². The van der Waals surface area contributed by atoms with Gasteiger partial charge in [0.25, 0.3) is 8.38 Å². The molecule has 4 nitrogen and oxygen atoms in total. The van der Waals surface area contributed by atoms with E-state index in [-0.39, 0.29) is 0 Å². The van der Waals surface area contributed by atoms with Gasteiger partial charge in [0.05, 0.1) is 5.30 Å². The van der Waals surface area contributed by atoms with Gasteiger partial charge in [-0.25, -0.2) is 0 Å². The molecule has 0 spiro atoms. The molecule has 3 aromatic rings. The van der Waals surface area contributed by atoms with Crippen LogP contribution in [0.1, 0.15) is 50.7 Å². The van der Waals surface area contributed by atoms with Gasteiger partial charge in [-0.3, -0.25) is 0 Å². The average molecular weight is 468 g/mol. The Bertz CT molecular complexity index is 1100. The predicted octanol–water partition coefficient (Wildman–Crippen LogP) is 5.95. The fourth-order valence-corrected chi connectivity index (χ4v) is 6.46. The number of hydrogen-bond acceptors (Lipinski definition) is 4. The number of benzene rings is 3.